The first-order chi connectivity index (χ1) is 10.0. The third-order valence-electron chi connectivity index (χ3n) is 3.34. The van der Waals surface area contributed by atoms with Gasteiger partial charge in [-0.25, -0.2) is 0 Å². The summed E-state index contributed by atoms with van der Waals surface area (Å²) in [5.74, 6) is 1.05. The Balaban J connectivity index is 2.75. The number of ether oxygens (including phenoxy) is 2. The highest BCUT2D eigenvalue weighted by Crippen LogP contribution is 2.29. The average Bonchev–Trinajstić information content (AvgIpc) is 2.48. The molecule has 21 heavy (non-hydrogen) atoms. The Morgan fingerprint density at radius 1 is 1.33 bits per heavy atom. The molecule has 0 bridgehead atoms. The normalized spacial score (nSPS) is 13.4. The molecule has 1 aromatic rings. The molecule has 5 heteroatoms. The van der Waals surface area contributed by atoms with E-state index in [9.17, 15) is 4.79 Å². The monoisotopic (exact) mass is 294 g/mol. The fourth-order valence-corrected chi connectivity index (χ4v) is 1.84. The second-order valence-electron chi connectivity index (χ2n) is 5.10. The van der Waals surface area contributed by atoms with Gasteiger partial charge in [0.15, 0.2) is 17.6 Å². The number of carbonyl (C=O) groups excluding carboxylic acids is 1. The minimum absolute atomic E-state index is 0.127. The lowest BCUT2D eigenvalue weighted by Gasteiger charge is -2.19. The van der Waals surface area contributed by atoms with Crippen LogP contribution in [0.1, 0.15) is 32.8 Å². The van der Waals surface area contributed by atoms with Gasteiger partial charge in [-0.1, -0.05) is 13.0 Å². The lowest BCUT2D eigenvalue weighted by molar-refractivity contribution is -0.127. The molecule has 0 heterocycles. The van der Waals surface area contributed by atoms with Gasteiger partial charge < -0.3 is 20.5 Å². The second kappa shape index (κ2) is 8.52. The molecule has 1 rings (SSSR count). The van der Waals surface area contributed by atoms with Crippen LogP contribution in [0.3, 0.4) is 0 Å². The molecule has 2 atom stereocenters. The van der Waals surface area contributed by atoms with Gasteiger partial charge in [0.2, 0.25) is 0 Å². The van der Waals surface area contributed by atoms with Crippen LogP contribution in [0, 0.1) is 0 Å². The van der Waals surface area contributed by atoms with Crippen molar-refractivity contribution in [1.82, 2.24) is 5.32 Å². The van der Waals surface area contributed by atoms with E-state index in [2.05, 4.69) is 5.32 Å². The van der Waals surface area contributed by atoms with Crippen LogP contribution in [0.25, 0.3) is 0 Å². The van der Waals surface area contributed by atoms with Gasteiger partial charge in [0.25, 0.3) is 5.91 Å². The minimum atomic E-state index is -0.576. The summed E-state index contributed by atoms with van der Waals surface area (Å²) in [5.41, 5.74) is 6.63. The summed E-state index contributed by atoms with van der Waals surface area (Å²) in [5, 5.41) is 2.90. The van der Waals surface area contributed by atoms with Gasteiger partial charge in [0.05, 0.1) is 7.11 Å². The molecule has 1 aromatic carbocycles. The van der Waals surface area contributed by atoms with Crippen LogP contribution in [0.2, 0.25) is 0 Å². The van der Waals surface area contributed by atoms with E-state index in [1.54, 1.807) is 14.0 Å². The number of benzene rings is 1. The van der Waals surface area contributed by atoms with Gasteiger partial charge in [-0.3, -0.25) is 4.79 Å². The molecule has 118 valence electrons. The maximum Gasteiger partial charge on any atom is 0.260 e. The Morgan fingerprint density at radius 2 is 2.05 bits per heavy atom. The van der Waals surface area contributed by atoms with Crippen LogP contribution in [0.4, 0.5) is 0 Å². The van der Waals surface area contributed by atoms with Gasteiger partial charge in [0, 0.05) is 6.04 Å². The molecular weight excluding hydrogens is 268 g/mol. The van der Waals surface area contributed by atoms with Crippen molar-refractivity contribution in [2.24, 2.45) is 5.73 Å². The van der Waals surface area contributed by atoms with Crippen molar-refractivity contribution in [3.05, 3.63) is 23.8 Å². The predicted octanol–water partition coefficient (Wildman–Crippen LogP) is 1.88. The number of nitrogens with two attached hydrogens (primary N) is 1. The third-order valence-corrected chi connectivity index (χ3v) is 3.34. The Bertz CT molecular complexity index is 463. The zero-order chi connectivity index (χ0) is 15.8. The number of hydrogen-bond donors (Lipinski definition) is 2. The molecule has 0 saturated carbocycles. The molecule has 0 saturated heterocycles. The molecule has 0 aromatic heterocycles. The Kier molecular flexibility index (Phi) is 7.02. The summed E-state index contributed by atoms with van der Waals surface area (Å²) in [6.07, 6.45) is 1.09. The van der Waals surface area contributed by atoms with E-state index in [0.29, 0.717) is 18.0 Å². The van der Waals surface area contributed by atoms with Gasteiger partial charge in [-0.15, -0.1) is 0 Å². The summed E-state index contributed by atoms with van der Waals surface area (Å²) in [6, 6.07) is 5.78. The Morgan fingerprint density at radius 3 is 2.62 bits per heavy atom. The summed E-state index contributed by atoms with van der Waals surface area (Å²) < 4.78 is 11.0. The standard InChI is InChI=1S/C16H26N2O3/c1-5-11(2)18-16(19)12(3)21-14-7-6-13(8-9-17)10-15(14)20-4/h6-7,10-12H,5,8-9,17H2,1-4H3,(H,18,19). The average molecular weight is 294 g/mol. The van der Waals surface area contributed by atoms with E-state index in [1.165, 1.54) is 0 Å². The number of nitrogens with one attached hydrogen (secondary N) is 1. The fourth-order valence-electron chi connectivity index (χ4n) is 1.84. The van der Waals surface area contributed by atoms with Crippen molar-refractivity contribution >= 4 is 5.91 Å². The van der Waals surface area contributed by atoms with Gasteiger partial charge in [-0.05, 0) is 50.9 Å². The summed E-state index contributed by atoms with van der Waals surface area (Å²) >= 11 is 0. The molecule has 0 aliphatic heterocycles. The van der Waals surface area contributed by atoms with E-state index < -0.39 is 6.10 Å². The van der Waals surface area contributed by atoms with Crippen LogP contribution >= 0.6 is 0 Å². The van der Waals surface area contributed by atoms with Crippen LogP contribution < -0.4 is 20.5 Å². The van der Waals surface area contributed by atoms with E-state index in [4.69, 9.17) is 15.2 Å². The third kappa shape index (κ3) is 5.27. The quantitative estimate of drug-likeness (QED) is 0.768. The predicted molar refractivity (Wildman–Crippen MR) is 83.7 cm³/mol. The van der Waals surface area contributed by atoms with Crippen molar-refractivity contribution < 1.29 is 14.3 Å². The molecule has 1 amide bonds. The van der Waals surface area contributed by atoms with Crippen LogP contribution in [-0.2, 0) is 11.2 Å². The molecule has 0 aliphatic rings. The summed E-state index contributed by atoms with van der Waals surface area (Å²) in [4.78, 5) is 12.0. The maximum absolute atomic E-state index is 12.0. The van der Waals surface area contributed by atoms with Crippen LogP contribution in [-0.4, -0.2) is 31.7 Å². The molecule has 0 aliphatic carbocycles. The van der Waals surface area contributed by atoms with Crippen LogP contribution in [0.15, 0.2) is 18.2 Å². The van der Waals surface area contributed by atoms with Crippen LogP contribution in [0.5, 0.6) is 11.5 Å². The molecule has 0 fully saturated rings. The zero-order valence-electron chi connectivity index (χ0n) is 13.3. The molecule has 2 unspecified atom stereocenters. The van der Waals surface area contributed by atoms with Crippen molar-refractivity contribution in [3.8, 4) is 11.5 Å². The Hall–Kier alpha value is -1.75. The molecule has 0 spiro atoms. The fraction of sp³-hybridized carbons (Fsp3) is 0.562. The van der Waals surface area contributed by atoms with Crippen molar-refractivity contribution in [3.63, 3.8) is 0 Å². The highest BCUT2D eigenvalue weighted by molar-refractivity contribution is 5.81. The minimum Gasteiger partial charge on any atom is -0.493 e. The van der Waals surface area contributed by atoms with Crippen molar-refractivity contribution in [2.45, 2.75) is 45.8 Å². The highest BCUT2D eigenvalue weighted by Gasteiger charge is 2.18. The SMILES string of the molecule is CCC(C)NC(=O)C(C)Oc1ccc(CCN)cc1OC. The molecule has 5 nitrogen and oxygen atoms in total. The maximum atomic E-state index is 12.0. The van der Waals surface area contributed by atoms with Gasteiger partial charge in [-0.2, -0.15) is 0 Å². The smallest absolute Gasteiger partial charge is 0.260 e. The summed E-state index contributed by atoms with van der Waals surface area (Å²) in [7, 11) is 1.58. The second-order valence-corrected chi connectivity index (χ2v) is 5.10. The lowest BCUT2D eigenvalue weighted by Crippen LogP contribution is -2.41. The number of carbonyl (C=O) groups is 1. The zero-order valence-corrected chi connectivity index (χ0v) is 13.3. The van der Waals surface area contributed by atoms with E-state index in [0.717, 1.165) is 18.4 Å². The number of hydrogen-bond acceptors (Lipinski definition) is 4. The van der Waals surface area contributed by atoms with E-state index >= 15 is 0 Å². The summed E-state index contributed by atoms with van der Waals surface area (Å²) in [6.45, 7) is 6.30. The Labute approximate surface area is 126 Å². The van der Waals surface area contributed by atoms with Crippen molar-refractivity contribution in [1.29, 1.82) is 0 Å². The van der Waals surface area contributed by atoms with E-state index in [-0.39, 0.29) is 11.9 Å². The number of amides is 1. The molecule has 0 radical (unpaired) electrons. The largest absolute Gasteiger partial charge is 0.493 e. The van der Waals surface area contributed by atoms with E-state index in [1.807, 2.05) is 32.0 Å². The first-order valence-electron chi connectivity index (χ1n) is 7.35. The van der Waals surface area contributed by atoms with Gasteiger partial charge in [0.1, 0.15) is 0 Å². The molecule has 3 N–H and O–H groups in total. The van der Waals surface area contributed by atoms with Crippen molar-refractivity contribution in [2.75, 3.05) is 13.7 Å². The molecular formula is C16H26N2O3. The van der Waals surface area contributed by atoms with Gasteiger partial charge >= 0.3 is 0 Å². The number of rotatable bonds is 8. The topological polar surface area (TPSA) is 73.6 Å². The number of methoxy groups -OCH3 is 1. The highest BCUT2D eigenvalue weighted by atomic mass is 16.5. The lowest BCUT2D eigenvalue weighted by atomic mass is 10.1. The first kappa shape index (κ1) is 17.3. The first-order valence-corrected chi connectivity index (χ1v) is 7.35.